The zero-order valence-electron chi connectivity index (χ0n) is 61.6. The van der Waals surface area contributed by atoms with E-state index in [2.05, 4.69) is 55.4 Å². The summed E-state index contributed by atoms with van der Waals surface area (Å²) in [5.74, 6) is 0.940. The molecule has 3 N–H and O–H groups in total. The number of esters is 4. The van der Waals surface area contributed by atoms with Crippen LogP contribution in [0.3, 0.4) is 0 Å². The van der Waals surface area contributed by atoms with Crippen LogP contribution < -0.4 is 0 Å². The topological polar surface area (TPSA) is 237 Å². The lowest BCUT2D eigenvalue weighted by molar-refractivity contribution is -0.161. The summed E-state index contributed by atoms with van der Waals surface area (Å²) in [6.07, 6.45) is 48.6. The fraction of sp³-hybridized carbons (Fsp3) is 0.947. The van der Waals surface area contributed by atoms with E-state index in [9.17, 15) is 43.2 Å². The van der Waals surface area contributed by atoms with Crippen molar-refractivity contribution in [1.82, 2.24) is 0 Å². The van der Waals surface area contributed by atoms with Crippen molar-refractivity contribution in [2.45, 2.75) is 395 Å². The average Bonchev–Trinajstić information content (AvgIpc) is 1.24. The zero-order chi connectivity index (χ0) is 69.6. The van der Waals surface area contributed by atoms with Crippen LogP contribution in [0.2, 0.25) is 0 Å². The molecule has 7 atom stereocenters. The lowest BCUT2D eigenvalue weighted by atomic mass is 9.99. The van der Waals surface area contributed by atoms with Gasteiger partial charge in [0.2, 0.25) is 0 Å². The van der Waals surface area contributed by atoms with Crippen LogP contribution in [0.5, 0.6) is 0 Å². The number of unbranched alkanes of at least 4 members (excludes halogenated alkanes) is 36. The van der Waals surface area contributed by atoms with Crippen molar-refractivity contribution in [3.63, 3.8) is 0 Å². The maximum Gasteiger partial charge on any atom is 0.472 e. The van der Waals surface area contributed by atoms with Crippen LogP contribution in [0.15, 0.2) is 0 Å². The first kappa shape index (κ1) is 92.1. The molecule has 0 aliphatic rings. The molecule has 0 amide bonds. The minimum absolute atomic E-state index is 0.102. The van der Waals surface area contributed by atoms with Gasteiger partial charge < -0.3 is 33.8 Å². The van der Waals surface area contributed by atoms with Crippen LogP contribution in [0.1, 0.15) is 376 Å². The van der Waals surface area contributed by atoms with Gasteiger partial charge in [-0.3, -0.25) is 37.3 Å². The SMILES string of the molecule is CCC(C)CCCCCCCCCCCCC(=O)OC[C@H](COP(=O)(O)OCC(O)COP(=O)(O)OC[C@@H](COC(=O)CCCCCCCCCCC(C)C)OC(=O)CCCCCCCCC(C)CC)OC(=O)CCCCCCCCCCCCCCCCCCC(C)C. The van der Waals surface area contributed by atoms with Gasteiger partial charge in [0.25, 0.3) is 0 Å². The van der Waals surface area contributed by atoms with Crippen molar-refractivity contribution in [2.75, 3.05) is 39.6 Å². The highest BCUT2D eigenvalue weighted by Crippen LogP contribution is 2.45. The Labute approximate surface area is 575 Å². The quantitative estimate of drug-likeness (QED) is 0.0222. The third kappa shape index (κ3) is 66.0. The van der Waals surface area contributed by atoms with E-state index in [4.69, 9.17) is 37.0 Å². The molecule has 0 aromatic rings. The lowest BCUT2D eigenvalue weighted by Gasteiger charge is -2.21. The molecule has 0 aliphatic carbocycles. The maximum absolute atomic E-state index is 13.1. The summed E-state index contributed by atoms with van der Waals surface area (Å²) in [6, 6.07) is 0. The zero-order valence-corrected chi connectivity index (χ0v) is 63.4. The Morgan fingerprint density at radius 2 is 0.511 bits per heavy atom. The summed E-state index contributed by atoms with van der Waals surface area (Å²) < 4.78 is 68.5. The predicted molar refractivity (Wildman–Crippen MR) is 381 cm³/mol. The van der Waals surface area contributed by atoms with Crippen molar-refractivity contribution < 1.29 is 80.2 Å². The van der Waals surface area contributed by atoms with Gasteiger partial charge in [0, 0.05) is 25.7 Å². The molecule has 558 valence electrons. The molecule has 0 radical (unpaired) electrons. The lowest BCUT2D eigenvalue weighted by Crippen LogP contribution is -2.30. The summed E-state index contributed by atoms with van der Waals surface area (Å²) in [5.41, 5.74) is 0. The molecule has 0 aliphatic heterocycles. The van der Waals surface area contributed by atoms with Crippen molar-refractivity contribution in [2.24, 2.45) is 23.7 Å². The smallest absolute Gasteiger partial charge is 0.462 e. The van der Waals surface area contributed by atoms with E-state index in [0.29, 0.717) is 25.7 Å². The molecule has 0 aromatic heterocycles. The number of carbonyl (C=O) groups is 4. The Balaban J connectivity index is 5.24. The van der Waals surface area contributed by atoms with Crippen LogP contribution in [0.4, 0.5) is 0 Å². The molecule has 17 nitrogen and oxygen atoms in total. The number of aliphatic hydroxyl groups excluding tert-OH is 1. The van der Waals surface area contributed by atoms with E-state index < -0.39 is 97.5 Å². The first-order valence-corrected chi connectivity index (χ1v) is 41.8. The Morgan fingerprint density at radius 1 is 0.298 bits per heavy atom. The summed E-state index contributed by atoms with van der Waals surface area (Å²) in [6.45, 7) is 14.2. The fourth-order valence-electron chi connectivity index (χ4n) is 11.3. The average molecular weight is 1380 g/mol. The van der Waals surface area contributed by atoms with Gasteiger partial charge in [-0.1, -0.05) is 325 Å². The number of hydrogen-bond donors (Lipinski definition) is 3. The highest BCUT2D eigenvalue weighted by atomic mass is 31.2. The monoisotopic (exact) mass is 1380 g/mol. The minimum Gasteiger partial charge on any atom is -0.462 e. The van der Waals surface area contributed by atoms with Crippen molar-refractivity contribution in [1.29, 1.82) is 0 Å². The van der Waals surface area contributed by atoms with Crippen LogP contribution in [-0.2, 0) is 65.4 Å². The first-order valence-electron chi connectivity index (χ1n) is 38.8. The Hall–Kier alpha value is -1.94. The van der Waals surface area contributed by atoms with Gasteiger partial charge >= 0.3 is 39.5 Å². The van der Waals surface area contributed by atoms with Gasteiger partial charge in [0.15, 0.2) is 12.2 Å². The molecule has 0 saturated carbocycles. The molecule has 94 heavy (non-hydrogen) atoms. The number of phosphoric ester groups is 2. The first-order chi connectivity index (χ1) is 45.2. The molecule has 0 fully saturated rings. The van der Waals surface area contributed by atoms with Crippen LogP contribution in [0.25, 0.3) is 0 Å². The van der Waals surface area contributed by atoms with Crippen molar-refractivity contribution in [3.05, 3.63) is 0 Å². The normalized spacial score (nSPS) is 14.7. The van der Waals surface area contributed by atoms with Crippen molar-refractivity contribution >= 4 is 39.5 Å². The highest BCUT2D eigenvalue weighted by Gasteiger charge is 2.30. The van der Waals surface area contributed by atoms with E-state index in [0.717, 1.165) is 114 Å². The molecule has 19 heteroatoms. The molecule has 0 rings (SSSR count). The molecule has 0 bridgehead atoms. The summed E-state index contributed by atoms with van der Waals surface area (Å²) in [7, 11) is -9.91. The number of phosphoric acid groups is 2. The third-order valence-electron chi connectivity index (χ3n) is 18.0. The molecular formula is C75H146O17P2. The van der Waals surface area contributed by atoms with E-state index in [1.165, 1.54) is 180 Å². The molecule has 0 aromatic carbocycles. The number of hydrogen-bond acceptors (Lipinski definition) is 15. The van der Waals surface area contributed by atoms with Gasteiger partial charge in [-0.25, -0.2) is 9.13 Å². The molecule has 0 heterocycles. The van der Waals surface area contributed by atoms with Crippen molar-refractivity contribution in [3.8, 4) is 0 Å². The second kappa shape index (κ2) is 64.4. The number of aliphatic hydroxyl groups is 1. The largest absolute Gasteiger partial charge is 0.472 e. The van der Waals surface area contributed by atoms with Crippen LogP contribution in [-0.4, -0.2) is 96.7 Å². The maximum atomic E-state index is 13.1. The molecule has 0 saturated heterocycles. The Kier molecular flexibility index (Phi) is 63.1. The fourth-order valence-corrected chi connectivity index (χ4v) is 12.9. The molecule has 0 spiro atoms. The van der Waals surface area contributed by atoms with Crippen LogP contribution >= 0.6 is 15.6 Å². The highest BCUT2D eigenvalue weighted by molar-refractivity contribution is 7.47. The Morgan fingerprint density at radius 3 is 0.755 bits per heavy atom. The summed E-state index contributed by atoms with van der Waals surface area (Å²) >= 11 is 0. The van der Waals surface area contributed by atoms with Gasteiger partial charge in [-0.15, -0.1) is 0 Å². The van der Waals surface area contributed by atoms with Gasteiger partial charge in [0.1, 0.15) is 19.3 Å². The van der Waals surface area contributed by atoms with Crippen LogP contribution in [0, 0.1) is 23.7 Å². The van der Waals surface area contributed by atoms with E-state index >= 15 is 0 Å². The number of ether oxygens (including phenoxy) is 4. The second-order valence-corrected chi connectivity index (χ2v) is 31.4. The summed E-state index contributed by atoms with van der Waals surface area (Å²) in [4.78, 5) is 72.7. The number of rotatable bonds is 72. The van der Waals surface area contributed by atoms with Gasteiger partial charge in [-0.2, -0.15) is 0 Å². The summed E-state index contributed by atoms with van der Waals surface area (Å²) in [5, 5.41) is 10.6. The molecule has 5 unspecified atom stereocenters. The van der Waals surface area contributed by atoms with E-state index in [1.807, 2.05) is 0 Å². The van der Waals surface area contributed by atoms with Gasteiger partial charge in [-0.05, 0) is 49.4 Å². The van der Waals surface area contributed by atoms with E-state index in [1.54, 1.807) is 0 Å². The third-order valence-corrected chi connectivity index (χ3v) is 19.9. The second-order valence-electron chi connectivity index (χ2n) is 28.5. The molecular weight excluding hydrogens is 1230 g/mol. The predicted octanol–water partition coefficient (Wildman–Crippen LogP) is 21.7. The number of carbonyl (C=O) groups excluding carboxylic acids is 4. The standard InChI is InChI=1S/C75H146O17P2/c1-9-67(7)53-45-37-29-22-19-20-23-30-39-47-55-72(77)85-61-70(91-74(79)57-49-41-32-24-18-16-14-12-11-13-15-17-21-27-35-43-51-65(3)4)63-89-93(81,82)87-59-69(76)60-88-94(83,84)90-64-71(92-75(80)58-50-42-34-33-38-46-54-68(8)10-2)62-86-73(78)56-48-40-31-26-25-28-36-44-52-66(5)6/h65-71,76H,9-64H2,1-8H3,(H,81,82)(H,83,84)/t67?,68?,69?,70-,71-/m1/s1. The Bertz CT molecular complexity index is 1850. The van der Waals surface area contributed by atoms with Gasteiger partial charge in [0.05, 0.1) is 26.4 Å². The minimum atomic E-state index is -4.96. The van der Waals surface area contributed by atoms with E-state index in [-0.39, 0.29) is 25.7 Å².